The number of aromatic amines is 1. The van der Waals surface area contributed by atoms with Gasteiger partial charge in [0.05, 0.1) is 5.71 Å². The van der Waals surface area contributed by atoms with Crippen molar-refractivity contribution in [3.05, 3.63) is 58.5 Å². The maximum absolute atomic E-state index is 4.29. The Kier molecular flexibility index (Phi) is 3.90. The van der Waals surface area contributed by atoms with Crippen molar-refractivity contribution in [1.29, 1.82) is 0 Å². The van der Waals surface area contributed by atoms with Crippen LogP contribution >= 0.6 is 0 Å². The molecule has 4 heteroatoms. The fourth-order valence-electron chi connectivity index (χ4n) is 1.96. The molecule has 2 rings (SSSR count). The summed E-state index contributed by atoms with van der Waals surface area (Å²) in [6.07, 6.45) is 0. The van der Waals surface area contributed by atoms with Crippen LogP contribution in [0.5, 0.6) is 0 Å². The summed E-state index contributed by atoms with van der Waals surface area (Å²) in [5, 5.41) is 8.42. The van der Waals surface area contributed by atoms with Crippen LogP contribution < -0.4 is 5.62 Å². The number of aromatic nitrogens is 2. The Morgan fingerprint density at radius 1 is 1.16 bits per heavy atom. The highest BCUT2D eigenvalue weighted by atomic mass is 15.2. The molecule has 1 N–H and O–H groups in total. The molecule has 0 radical (unpaired) electrons. The summed E-state index contributed by atoms with van der Waals surface area (Å²) in [4.78, 5) is 7.38. The van der Waals surface area contributed by atoms with Gasteiger partial charge < -0.3 is 4.98 Å². The summed E-state index contributed by atoms with van der Waals surface area (Å²) in [6.45, 7) is 7.94. The summed E-state index contributed by atoms with van der Waals surface area (Å²) in [5.74, 6) is 0. The monoisotopic (exact) mass is 254 g/mol. The Bertz CT molecular complexity index is 657. The van der Waals surface area contributed by atoms with Crippen molar-refractivity contribution in [3.8, 4) is 0 Å². The molecule has 0 amide bonds. The Morgan fingerprint density at radius 3 is 2.58 bits per heavy atom. The van der Waals surface area contributed by atoms with E-state index in [0.717, 1.165) is 22.7 Å². The molecule has 2 aromatic rings. The summed E-state index contributed by atoms with van der Waals surface area (Å²) in [7, 11) is 0. The number of nitrogens with one attached hydrogen (secondary N) is 1. The molecule has 4 nitrogen and oxygen atoms in total. The van der Waals surface area contributed by atoms with E-state index < -0.39 is 0 Å². The highest BCUT2D eigenvalue weighted by molar-refractivity contribution is 5.99. The van der Waals surface area contributed by atoms with E-state index in [9.17, 15) is 0 Å². The number of H-pyrrole nitrogens is 1. The van der Waals surface area contributed by atoms with Gasteiger partial charge in [-0.05, 0) is 39.3 Å². The van der Waals surface area contributed by atoms with E-state index >= 15 is 0 Å². The average Bonchev–Trinajstić information content (AvgIpc) is 2.35. The Labute approximate surface area is 113 Å². The molecule has 0 fully saturated rings. The summed E-state index contributed by atoms with van der Waals surface area (Å²) in [5.41, 5.74) is 5.67. The van der Waals surface area contributed by atoms with Gasteiger partial charge in [-0.3, -0.25) is 0 Å². The Balaban J connectivity index is 2.39. The molecule has 0 aliphatic carbocycles. The van der Waals surface area contributed by atoms with Crippen LogP contribution in [-0.2, 0) is 0 Å². The van der Waals surface area contributed by atoms with Gasteiger partial charge in [-0.15, -0.1) is 5.10 Å². The quantitative estimate of drug-likeness (QED) is 0.650. The minimum Gasteiger partial charge on any atom is -0.327 e. The minimum absolute atomic E-state index is 0.533. The lowest BCUT2D eigenvalue weighted by Gasteiger charge is -2.02. The first-order valence-electron chi connectivity index (χ1n) is 6.25. The van der Waals surface area contributed by atoms with Gasteiger partial charge in [0.2, 0.25) is 5.62 Å². The molecule has 0 aliphatic heterocycles. The molecule has 1 aromatic heterocycles. The lowest BCUT2D eigenvalue weighted by atomic mass is 10.1. The van der Waals surface area contributed by atoms with E-state index in [4.69, 9.17) is 0 Å². The van der Waals surface area contributed by atoms with E-state index in [1.807, 2.05) is 45.0 Å². The third kappa shape index (κ3) is 3.37. The SMILES string of the molecule is C/C(=N\N=c1/nc(C)cc(C)[nH]1)c1ccccc1C. The van der Waals surface area contributed by atoms with E-state index in [1.165, 1.54) is 5.56 Å². The molecule has 0 atom stereocenters. The molecule has 0 spiro atoms. The van der Waals surface area contributed by atoms with Crippen LogP contribution in [0, 0.1) is 20.8 Å². The predicted molar refractivity (Wildman–Crippen MR) is 77.0 cm³/mol. The zero-order valence-corrected chi connectivity index (χ0v) is 11.7. The summed E-state index contributed by atoms with van der Waals surface area (Å²) in [6, 6.07) is 10.1. The van der Waals surface area contributed by atoms with Crippen LogP contribution in [-0.4, -0.2) is 15.7 Å². The first-order chi connectivity index (χ1) is 9.06. The smallest absolute Gasteiger partial charge is 0.247 e. The molecule has 19 heavy (non-hydrogen) atoms. The molecule has 1 aromatic carbocycles. The highest BCUT2D eigenvalue weighted by Gasteiger charge is 2.00. The van der Waals surface area contributed by atoms with E-state index in [0.29, 0.717) is 5.62 Å². The van der Waals surface area contributed by atoms with Crippen LogP contribution in [0.25, 0.3) is 0 Å². The van der Waals surface area contributed by atoms with Crippen LogP contribution in [0.1, 0.15) is 29.4 Å². The normalized spacial score (nSPS) is 12.8. The van der Waals surface area contributed by atoms with Gasteiger partial charge in [-0.25, -0.2) is 4.98 Å². The maximum atomic E-state index is 4.29. The molecular weight excluding hydrogens is 236 g/mol. The first-order valence-corrected chi connectivity index (χ1v) is 6.25. The standard InChI is InChI=1S/C15H18N4/c1-10-7-5-6-8-14(10)13(4)18-19-15-16-11(2)9-12(3)17-15/h5-9H,1-4H3,(H,16,17,19)/b18-13+. The van der Waals surface area contributed by atoms with E-state index in [-0.39, 0.29) is 0 Å². The van der Waals surface area contributed by atoms with Crippen molar-refractivity contribution in [2.75, 3.05) is 0 Å². The van der Waals surface area contributed by atoms with Crippen molar-refractivity contribution < 1.29 is 0 Å². The van der Waals surface area contributed by atoms with Crippen LogP contribution in [0.15, 0.2) is 40.5 Å². The fraction of sp³-hybridized carbons (Fsp3) is 0.267. The number of hydrogen-bond donors (Lipinski definition) is 1. The van der Waals surface area contributed by atoms with Crippen LogP contribution in [0.2, 0.25) is 0 Å². The second kappa shape index (κ2) is 5.61. The van der Waals surface area contributed by atoms with Crippen LogP contribution in [0.4, 0.5) is 0 Å². The van der Waals surface area contributed by atoms with E-state index in [2.05, 4.69) is 33.2 Å². The number of rotatable bonds is 2. The third-order valence-corrected chi connectivity index (χ3v) is 2.85. The molecular formula is C15H18N4. The molecule has 1 heterocycles. The predicted octanol–water partition coefficient (Wildman–Crippen LogP) is 2.66. The number of nitrogens with zero attached hydrogens (tertiary/aromatic N) is 3. The van der Waals surface area contributed by atoms with Gasteiger partial charge in [-0.1, -0.05) is 24.3 Å². The summed E-state index contributed by atoms with van der Waals surface area (Å²) < 4.78 is 0. The van der Waals surface area contributed by atoms with Gasteiger partial charge in [0.15, 0.2) is 0 Å². The average molecular weight is 254 g/mol. The summed E-state index contributed by atoms with van der Waals surface area (Å²) >= 11 is 0. The number of aryl methyl sites for hydroxylation is 3. The lowest BCUT2D eigenvalue weighted by Crippen LogP contribution is -2.14. The zero-order valence-electron chi connectivity index (χ0n) is 11.7. The van der Waals surface area contributed by atoms with Crippen molar-refractivity contribution in [2.24, 2.45) is 10.2 Å². The number of hydrogen-bond acceptors (Lipinski definition) is 3. The third-order valence-electron chi connectivity index (χ3n) is 2.85. The molecule has 0 saturated heterocycles. The topological polar surface area (TPSA) is 53.4 Å². The second-order valence-electron chi connectivity index (χ2n) is 4.63. The first kappa shape index (κ1) is 13.2. The molecule has 0 unspecified atom stereocenters. The minimum atomic E-state index is 0.533. The molecule has 98 valence electrons. The van der Waals surface area contributed by atoms with E-state index in [1.54, 1.807) is 0 Å². The lowest BCUT2D eigenvalue weighted by molar-refractivity contribution is 0.902. The van der Waals surface area contributed by atoms with Crippen molar-refractivity contribution >= 4 is 5.71 Å². The zero-order chi connectivity index (χ0) is 13.8. The van der Waals surface area contributed by atoms with Crippen LogP contribution in [0.3, 0.4) is 0 Å². The van der Waals surface area contributed by atoms with Gasteiger partial charge in [0, 0.05) is 17.0 Å². The highest BCUT2D eigenvalue weighted by Crippen LogP contribution is 2.08. The largest absolute Gasteiger partial charge is 0.327 e. The van der Waals surface area contributed by atoms with Crippen molar-refractivity contribution in [1.82, 2.24) is 9.97 Å². The fourth-order valence-corrected chi connectivity index (χ4v) is 1.96. The Hall–Kier alpha value is -2.23. The maximum Gasteiger partial charge on any atom is 0.247 e. The number of benzene rings is 1. The molecule has 0 bridgehead atoms. The molecule has 0 aliphatic rings. The molecule has 0 saturated carbocycles. The van der Waals surface area contributed by atoms with Gasteiger partial charge >= 0.3 is 0 Å². The Morgan fingerprint density at radius 2 is 1.89 bits per heavy atom. The van der Waals surface area contributed by atoms with Gasteiger partial charge in [0.1, 0.15) is 0 Å². The van der Waals surface area contributed by atoms with Gasteiger partial charge in [0.25, 0.3) is 0 Å². The van der Waals surface area contributed by atoms with Crippen molar-refractivity contribution in [2.45, 2.75) is 27.7 Å². The second-order valence-corrected chi connectivity index (χ2v) is 4.63. The van der Waals surface area contributed by atoms with Crippen molar-refractivity contribution in [3.63, 3.8) is 0 Å². The van der Waals surface area contributed by atoms with Gasteiger partial charge in [-0.2, -0.15) is 5.10 Å².